The Balaban J connectivity index is 1.65. The number of aryl methyl sites for hydroxylation is 2. The summed E-state index contributed by atoms with van der Waals surface area (Å²) in [5.74, 6) is 0. The molecular weight excluding hydrogens is 226 g/mol. The van der Waals surface area contributed by atoms with Crippen LogP contribution >= 0.6 is 0 Å². The van der Waals surface area contributed by atoms with Gasteiger partial charge in [0.05, 0.1) is 18.4 Å². The molecule has 0 radical (unpaired) electrons. The Morgan fingerprint density at radius 1 is 1.33 bits per heavy atom. The molecule has 4 heteroatoms. The van der Waals surface area contributed by atoms with Crippen molar-refractivity contribution in [3.05, 3.63) is 17.0 Å². The molecule has 1 fully saturated rings. The van der Waals surface area contributed by atoms with Gasteiger partial charge in [-0.1, -0.05) is 12.8 Å². The van der Waals surface area contributed by atoms with Crippen molar-refractivity contribution in [3.63, 3.8) is 0 Å². The fourth-order valence-corrected chi connectivity index (χ4v) is 2.64. The fourth-order valence-electron chi connectivity index (χ4n) is 2.64. The van der Waals surface area contributed by atoms with Gasteiger partial charge in [-0.2, -0.15) is 5.10 Å². The summed E-state index contributed by atoms with van der Waals surface area (Å²) in [5, 5.41) is 7.86. The van der Waals surface area contributed by atoms with Crippen LogP contribution in [-0.2, 0) is 18.3 Å². The zero-order valence-electron chi connectivity index (χ0n) is 11.8. The van der Waals surface area contributed by atoms with E-state index < -0.39 is 0 Å². The van der Waals surface area contributed by atoms with E-state index >= 15 is 0 Å². The van der Waals surface area contributed by atoms with E-state index in [0.717, 1.165) is 25.4 Å². The maximum atomic E-state index is 5.82. The fraction of sp³-hybridized carbons (Fsp3) is 0.786. The summed E-state index contributed by atoms with van der Waals surface area (Å²) in [6.45, 7) is 6.82. The van der Waals surface area contributed by atoms with Gasteiger partial charge in [-0.05, 0) is 26.7 Å². The maximum absolute atomic E-state index is 5.82. The largest absolute Gasteiger partial charge is 0.377 e. The molecule has 0 saturated heterocycles. The van der Waals surface area contributed by atoms with Crippen molar-refractivity contribution in [1.29, 1.82) is 0 Å². The van der Waals surface area contributed by atoms with Gasteiger partial charge >= 0.3 is 0 Å². The molecule has 1 aliphatic carbocycles. The van der Waals surface area contributed by atoms with Crippen molar-refractivity contribution < 1.29 is 4.74 Å². The van der Waals surface area contributed by atoms with Gasteiger partial charge in [0.15, 0.2) is 0 Å². The number of ether oxygens (including phenoxy) is 1. The molecule has 18 heavy (non-hydrogen) atoms. The predicted octanol–water partition coefficient (Wildman–Crippen LogP) is 2.09. The summed E-state index contributed by atoms with van der Waals surface area (Å²) in [7, 11) is 2.00. The molecule has 1 heterocycles. The summed E-state index contributed by atoms with van der Waals surface area (Å²) >= 11 is 0. The second-order valence-corrected chi connectivity index (χ2v) is 5.23. The van der Waals surface area contributed by atoms with Crippen LogP contribution in [0.2, 0.25) is 0 Å². The van der Waals surface area contributed by atoms with E-state index in [0.29, 0.717) is 6.10 Å². The lowest BCUT2D eigenvalue weighted by molar-refractivity contribution is 0.0602. The van der Waals surface area contributed by atoms with Crippen molar-refractivity contribution in [3.8, 4) is 0 Å². The van der Waals surface area contributed by atoms with Gasteiger partial charge in [-0.3, -0.25) is 4.68 Å². The molecule has 1 saturated carbocycles. The van der Waals surface area contributed by atoms with Crippen LogP contribution in [0.25, 0.3) is 0 Å². The molecule has 1 aliphatic rings. The van der Waals surface area contributed by atoms with Gasteiger partial charge in [-0.25, -0.2) is 0 Å². The predicted molar refractivity (Wildman–Crippen MR) is 72.6 cm³/mol. The molecule has 102 valence electrons. The minimum atomic E-state index is 0.522. The number of nitrogens with zero attached hydrogens (tertiary/aromatic N) is 2. The van der Waals surface area contributed by atoms with E-state index in [1.165, 1.54) is 36.9 Å². The highest BCUT2D eigenvalue weighted by Crippen LogP contribution is 2.20. The van der Waals surface area contributed by atoms with E-state index in [-0.39, 0.29) is 0 Å². The monoisotopic (exact) mass is 251 g/mol. The van der Waals surface area contributed by atoms with Crippen molar-refractivity contribution in [1.82, 2.24) is 15.1 Å². The van der Waals surface area contributed by atoms with Crippen LogP contribution in [0.3, 0.4) is 0 Å². The Kier molecular flexibility index (Phi) is 4.78. The third kappa shape index (κ3) is 3.33. The van der Waals surface area contributed by atoms with Crippen LogP contribution in [0, 0.1) is 13.8 Å². The summed E-state index contributed by atoms with van der Waals surface area (Å²) in [6.07, 6.45) is 5.70. The second-order valence-electron chi connectivity index (χ2n) is 5.23. The molecule has 0 amide bonds. The van der Waals surface area contributed by atoms with Crippen LogP contribution in [0.4, 0.5) is 0 Å². The van der Waals surface area contributed by atoms with Gasteiger partial charge in [0.1, 0.15) is 0 Å². The Hall–Kier alpha value is -0.870. The third-order valence-corrected chi connectivity index (χ3v) is 3.90. The Morgan fingerprint density at radius 3 is 2.67 bits per heavy atom. The number of hydrogen-bond acceptors (Lipinski definition) is 3. The minimum Gasteiger partial charge on any atom is -0.377 e. The molecule has 1 N–H and O–H groups in total. The molecule has 0 aromatic carbocycles. The Morgan fingerprint density at radius 2 is 2.06 bits per heavy atom. The van der Waals surface area contributed by atoms with Crippen molar-refractivity contribution in [2.24, 2.45) is 7.05 Å². The van der Waals surface area contributed by atoms with E-state index in [9.17, 15) is 0 Å². The molecule has 0 bridgehead atoms. The highest BCUT2D eigenvalue weighted by molar-refractivity contribution is 5.23. The molecule has 4 nitrogen and oxygen atoms in total. The van der Waals surface area contributed by atoms with Crippen molar-refractivity contribution in [2.75, 3.05) is 13.2 Å². The van der Waals surface area contributed by atoms with E-state index in [2.05, 4.69) is 24.3 Å². The summed E-state index contributed by atoms with van der Waals surface area (Å²) in [4.78, 5) is 0. The SMILES string of the molecule is Cc1nn(C)c(C)c1CNCCOC1CCCC1. The van der Waals surface area contributed by atoms with Crippen LogP contribution < -0.4 is 5.32 Å². The Bertz CT molecular complexity index is 381. The molecule has 2 rings (SSSR count). The van der Waals surface area contributed by atoms with Crippen LogP contribution in [0.5, 0.6) is 0 Å². The molecule has 0 spiro atoms. The highest BCUT2D eigenvalue weighted by Gasteiger charge is 2.14. The molecule has 0 unspecified atom stereocenters. The quantitative estimate of drug-likeness (QED) is 0.787. The molecule has 0 aliphatic heterocycles. The van der Waals surface area contributed by atoms with Crippen molar-refractivity contribution in [2.45, 2.75) is 52.2 Å². The van der Waals surface area contributed by atoms with Crippen LogP contribution in [-0.4, -0.2) is 29.0 Å². The first-order valence-corrected chi connectivity index (χ1v) is 7.00. The van der Waals surface area contributed by atoms with E-state index in [1.54, 1.807) is 0 Å². The van der Waals surface area contributed by atoms with E-state index in [1.807, 2.05) is 11.7 Å². The average molecular weight is 251 g/mol. The Labute approximate surface area is 110 Å². The second kappa shape index (κ2) is 6.34. The number of hydrogen-bond donors (Lipinski definition) is 1. The zero-order valence-corrected chi connectivity index (χ0v) is 11.8. The lowest BCUT2D eigenvalue weighted by Crippen LogP contribution is -2.22. The first-order chi connectivity index (χ1) is 8.68. The lowest BCUT2D eigenvalue weighted by Gasteiger charge is -2.11. The topological polar surface area (TPSA) is 39.1 Å². The minimum absolute atomic E-state index is 0.522. The van der Waals surface area contributed by atoms with Gasteiger partial charge in [0.2, 0.25) is 0 Å². The van der Waals surface area contributed by atoms with Crippen molar-refractivity contribution >= 4 is 0 Å². The maximum Gasteiger partial charge on any atom is 0.0641 e. The van der Waals surface area contributed by atoms with Crippen LogP contribution in [0.15, 0.2) is 0 Å². The number of aromatic nitrogens is 2. The van der Waals surface area contributed by atoms with Gasteiger partial charge < -0.3 is 10.1 Å². The first kappa shape index (κ1) is 13.6. The molecular formula is C14H25N3O. The normalized spacial score (nSPS) is 16.6. The van der Waals surface area contributed by atoms with Crippen LogP contribution in [0.1, 0.15) is 42.6 Å². The standard InChI is InChI=1S/C14H25N3O/c1-11-14(12(2)17(3)16-11)10-15-8-9-18-13-6-4-5-7-13/h13,15H,4-10H2,1-3H3. The summed E-state index contributed by atoms with van der Waals surface area (Å²) < 4.78 is 7.77. The smallest absolute Gasteiger partial charge is 0.0641 e. The molecule has 1 aromatic rings. The van der Waals surface area contributed by atoms with E-state index in [4.69, 9.17) is 4.74 Å². The molecule has 1 aromatic heterocycles. The number of nitrogens with one attached hydrogen (secondary N) is 1. The lowest BCUT2D eigenvalue weighted by atomic mass is 10.2. The molecule has 0 atom stereocenters. The highest BCUT2D eigenvalue weighted by atomic mass is 16.5. The zero-order chi connectivity index (χ0) is 13.0. The first-order valence-electron chi connectivity index (χ1n) is 7.00. The summed E-state index contributed by atoms with van der Waals surface area (Å²) in [5.41, 5.74) is 3.69. The summed E-state index contributed by atoms with van der Waals surface area (Å²) in [6, 6.07) is 0. The van der Waals surface area contributed by atoms with Gasteiger partial charge in [0, 0.05) is 31.4 Å². The van der Waals surface area contributed by atoms with Gasteiger partial charge in [-0.15, -0.1) is 0 Å². The third-order valence-electron chi connectivity index (χ3n) is 3.90. The van der Waals surface area contributed by atoms with Gasteiger partial charge in [0.25, 0.3) is 0 Å². The number of rotatable bonds is 6. The average Bonchev–Trinajstić information content (AvgIpc) is 2.92.